The zero-order valence-electron chi connectivity index (χ0n) is 13.5. The van der Waals surface area contributed by atoms with Gasteiger partial charge in [0, 0.05) is 51.2 Å². The number of imidazole rings is 1. The van der Waals surface area contributed by atoms with Gasteiger partial charge in [-0.3, -0.25) is 4.79 Å². The molecule has 7 heteroatoms. The van der Waals surface area contributed by atoms with Crippen LogP contribution in [-0.2, 0) is 18.3 Å². The molecule has 3 rings (SSSR count). The molecule has 1 fully saturated rings. The van der Waals surface area contributed by atoms with Crippen LogP contribution in [0.25, 0.3) is 0 Å². The number of piperidine rings is 1. The first-order chi connectivity index (χ1) is 11.0. The van der Waals surface area contributed by atoms with E-state index in [1.807, 2.05) is 25.1 Å². The van der Waals surface area contributed by atoms with Gasteiger partial charge in [-0.2, -0.15) is 0 Å². The van der Waals surface area contributed by atoms with Crippen LogP contribution in [0.15, 0.2) is 16.8 Å². The number of hydrogen-bond acceptors (Lipinski definition) is 4. The minimum absolute atomic E-state index is 0.146. The van der Waals surface area contributed by atoms with Crippen molar-refractivity contribution in [3.8, 4) is 0 Å². The predicted molar refractivity (Wildman–Crippen MR) is 86.3 cm³/mol. The first kappa shape index (κ1) is 16.1. The summed E-state index contributed by atoms with van der Waals surface area (Å²) in [5.74, 6) is 2.18. The van der Waals surface area contributed by atoms with Crippen molar-refractivity contribution in [1.29, 1.82) is 0 Å². The molecule has 1 atom stereocenters. The number of likely N-dealkylation sites (tertiary alicyclic amines) is 1. The first-order valence-corrected chi connectivity index (χ1v) is 8.29. The molecule has 0 aliphatic carbocycles. The Morgan fingerprint density at radius 3 is 3.00 bits per heavy atom. The highest BCUT2D eigenvalue weighted by molar-refractivity contribution is 6.29. The van der Waals surface area contributed by atoms with E-state index in [9.17, 15) is 4.79 Å². The Morgan fingerprint density at radius 2 is 2.35 bits per heavy atom. The van der Waals surface area contributed by atoms with Crippen LogP contribution in [0.2, 0.25) is 5.15 Å². The number of halogens is 1. The third-order valence-electron chi connectivity index (χ3n) is 4.29. The number of aryl methyl sites for hydroxylation is 3. The molecule has 1 amide bonds. The summed E-state index contributed by atoms with van der Waals surface area (Å²) in [6.07, 6.45) is 5.06. The number of rotatable bonds is 4. The lowest BCUT2D eigenvalue weighted by atomic mass is 9.96. The Balaban J connectivity index is 1.59. The largest absolute Gasteiger partial charge is 0.360 e. The maximum atomic E-state index is 12.4. The van der Waals surface area contributed by atoms with Gasteiger partial charge >= 0.3 is 0 Å². The molecule has 0 saturated carbocycles. The monoisotopic (exact) mass is 336 g/mol. The van der Waals surface area contributed by atoms with Crippen molar-refractivity contribution in [2.75, 3.05) is 13.1 Å². The molecular weight excluding hydrogens is 316 g/mol. The summed E-state index contributed by atoms with van der Waals surface area (Å²) in [5, 5.41) is 3.95. The highest BCUT2D eigenvalue weighted by Crippen LogP contribution is 2.26. The van der Waals surface area contributed by atoms with Crippen molar-refractivity contribution in [1.82, 2.24) is 19.6 Å². The smallest absolute Gasteiger partial charge is 0.223 e. The zero-order valence-corrected chi connectivity index (χ0v) is 14.2. The lowest BCUT2D eigenvalue weighted by molar-refractivity contribution is -0.132. The average Bonchev–Trinajstić information content (AvgIpc) is 3.10. The second kappa shape index (κ2) is 6.74. The third-order valence-corrected chi connectivity index (χ3v) is 4.47. The van der Waals surface area contributed by atoms with Crippen LogP contribution >= 0.6 is 11.6 Å². The summed E-state index contributed by atoms with van der Waals surface area (Å²) in [4.78, 5) is 19.0. The van der Waals surface area contributed by atoms with Gasteiger partial charge in [0.25, 0.3) is 0 Å². The van der Waals surface area contributed by atoms with Crippen LogP contribution in [0.5, 0.6) is 0 Å². The maximum absolute atomic E-state index is 12.4. The summed E-state index contributed by atoms with van der Waals surface area (Å²) in [6.45, 7) is 3.55. The topological polar surface area (TPSA) is 64.2 Å². The molecule has 0 bridgehead atoms. The van der Waals surface area contributed by atoms with E-state index in [-0.39, 0.29) is 5.91 Å². The van der Waals surface area contributed by atoms with Crippen molar-refractivity contribution < 1.29 is 9.32 Å². The fraction of sp³-hybridized carbons (Fsp3) is 0.562. The van der Waals surface area contributed by atoms with E-state index in [1.165, 1.54) is 0 Å². The first-order valence-electron chi connectivity index (χ1n) is 7.91. The molecular formula is C16H21ClN4O2. The number of hydrogen-bond donors (Lipinski definition) is 0. The average molecular weight is 337 g/mol. The van der Waals surface area contributed by atoms with Crippen molar-refractivity contribution in [3.05, 3.63) is 34.7 Å². The minimum Gasteiger partial charge on any atom is -0.360 e. The van der Waals surface area contributed by atoms with E-state index in [1.54, 1.807) is 6.07 Å². The molecule has 1 saturated heterocycles. The Labute approximate surface area is 140 Å². The van der Waals surface area contributed by atoms with E-state index in [0.717, 1.165) is 37.4 Å². The van der Waals surface area contributed by atoms with Gasteiger partial charge in [-0.1, -0.05) is 16.8 Å². The van der Waals surface area contributed by atoms with Crippen LogP contribution in [0.3, 0.4) is 0 Å². The molecule has 2 aromatic heterocycles. The van der Waals surface area contributed by atoms with Crippen molar-refractivity contribution in [3.63, 3.8) is 0 Å². The van der Waals surface area contributed by atoms with Gasteiger partial charge in [0.1, 0.15) is 11.6 Å². The highest BCUT2D eigenvalue weighted by atomic mass is 35.5. The summed E-state index contributed by atoms with van der Waals surface area (Å²) in [6, 6.07) is 1.66. The molecule has 0 N–H and O–H groups in total. The standard InChI is InChI=1S/C16H21ClN4O2/c1-11-9-20(2)16(18-11)12-4-3-7-21(10-12)15(22)6-5-13-8-14(17)19-23-13/h8-9,12H,3-7,10H2,1-2H3. The number of aromatic nitrogens is 3. The number of carbonyl (C=O) groups is 1. The van der Waals surface area contributed by atoms with Gasteiger partial charge < -0.3 is 14.0 Å². The van der Waals surface area contributed by atoms with E-state index in [2.05, 4.69) is 14.7 Å². The second-order valence-corrected chi connectivity index (χ2v) is 6.53. The Bertz CT molecular complexity index is 694. The molecule has 0 spiro atoms. The molecule has 2 aromatic rings. The minimum atomic E-state index is 0.146. The van der Waals surface area contributed by atoms with Gasteiger partial charge in [0.05, 0.1) is 5.69 Å². The number of carbonyl (C=O) groups excluding carboxylic acids is 1. The van der Waals surface area contributed by atoms with Gasteiger partial charge in [-0.15, -0.1) is 0 Å². The van der Waals surface area contributed by atoms with E-state index in [0.29, 0.717) is 29.7 Å². The van der Waals surface area contributed by atoms with Crippen molar-refractivity contribution >= 4 is 17.5 Å². The Kier molecular flexibility index (Phi) is 4.71. The summed E-state index contributed by atoms with van der Waals surface area (Å²) in [7, 11) is 2.02. The molecule has 1 unspecified atom stereocenters. The third kappa shape index (κ3) is 3.75. The van der Waals surface area contributed by atoms with Crippen LogP contribution in [0.1, 0.15) is 42.5 Å². The van der Waals surface area contributed by atoms with E-state index < -0.39 is 0 Å². The van der Waals surface area contributed by atoms with Gasteiger partial charge in [-0.05, 0) is 19.8 Å². The SMILES string of the molecule is Cc1cn(C)c(C2CCCN(C(=O)CCc3cc(Cl)no3)C2)n1. The second-order valence-electron chi connectivity index (χ2n) is 6.15. The Morgan fingerprint density at radius 1 is 1.52 bits per heavy atom. The normalized spacial score (nSPS) is 18.4. The maximum Gasteiger partial charge on any atom is 0.223 e. The van der Waals surface area contributed by atoms with E-state index >= 15 is 0 Å². The molecule has 0 radical (unpaired) electrons. The highest BCUT2D eigenvalue weighted by Gasteiger charge is 2.27. The van der Waals surface area contributed by atoms with Crippen molar-refractivity contribution in [2.24, 2.45) is 7.05 Å². The molecule has 124 valence electrons. The summed E-state index contributed by atoms with van der Waals surface area (Å²) < 4.78 is 7.12. The van der Waals surface area contributed by atoms with Gasteiger partial charge in [-0.25, -0.2) is 4.98 Å². The van der Waals surface area contributed by atoms with Crippen LogP contribution in [0, 0.1) is 6.92 Å². The van der Waals surface area contributed by atoms with E-state index in [4.69, 9.17) is 16.1 Å². The van der Waals surface area contributed by atoms with Gasteiger partial charge in [0.2, 0.25) is 5.91 Å². The molecule has 0 aromatic carbocycles. The van der Waals surface area contributed by atoms with Crippen LogP contribution < -0.4 is 0 Å². The predicted octanol–water partition coefficient (Wildman–Crippen LogP) is 2.71. The molecule has 23 heavy (non-hydrogen) atoms. The van der Waals surface area contributed by atoms with Gasteiger partial charge in [0.15, 0.2) is 5.15 Å². The molecule has 1 aliphatic heterocycles. The number of nitrogens with zero attached hydrogens (tertiary/aromatic N) is 4. The molecule has 3 heterocycles. The summed E-state index contributed by atoms with van der Waals surface area (Å²) in [5.41, 5.74) is 1.02. The molecule has 1 aliphatic rings. The van der Waals surface area contributed by atoms with Crippen LogP contribution in [0.4, 0.5) is 0 Å². The number of amides is 1. The lowest BCUT2D eigenvalue weighted by Gasteiger charge is -2.32. The van der Waals surface area contributed by atoms with Crippen LogP contribution in [-0.4, -0.2) is 38.6 Å². The lowest BCUT2D eigenvalue weighted by Crippen LogP contribution is -2.39. The van der Waals surface area contributed by atoms with Crippen molar-refractivity contribution in [2.45, 2.75) is 38.5 Å². The Hall–Kier alpha value is -1.82. The summed E-state index contributed by atoms with van der Waals surface area (Å²) >= 11 is 5.72. The quantitative estimate of drug-likeness (QED) is 0.861. The fourth-order valence-electron chi connectivity index (χ4n) is 3.22. The fourth-order valence-corrected chi connectivity index (χ4v) is 3.38. The zero-order chi connectivity index (χ0) is 16.4. The molecule has 6 nitrogen and oxygen atoms in total.